The van der Waals surface area contributed by atoms with Crippen LogP contribution in [0.1, 0.15) is 40.5 Å². The van der Waals surface area contributed by atoms with Crippen molar-refractivity contribution >= 4 is 29.7 Å². The highest BCUT2D eigenvalue weighted by Crippen LogP contribution is 2.38. The van der Waals surface area contributed by atoms with Gasteiger partial charge in [-0.25, -0.2) is 4.79 Å². The Kier molecular flexibility index (Phi) is 5.68. The third-order valence-electron chi connectivity index (χ3n) is 7.90. The minimum absolute atomic E-state index is 0.0440. The Morgan fingerprint density at radius 3 is 2.27 bits per heavy atom. The van der Waals surface area contributed by atoms with Crippen molar-refractivity contribution in [2.45, 2.75) is 30.8 Å². The van der Waals surface area contributed by atoms with E-state index in [1.165, 1.54) is 7.11 Å². The maximum absolute atomic E-state index is 13.2. The number of rotatable bonds is 6. The topological polar surface area (TPSA) is 147 Å². The summed E-state index contributed by atoms with van der Waals surface area (Å²) >= 11 is 0. The number of fused-ring (bicyclic) bond motifs is 1. The van der Waals surface area contributed by atoms with E-state index in [9.17, 15) is 24.0 Å². The van der Waals surface area contributed by atoms with Crippen molar-refractivity contribution in [1.29, 1.82) is 0 Å². The molecule has 0 aliphatic carbocycles. The third-order valence-corrected chi connectivity index (χ3v) is 7.90. The Hall–Kier alpha value is -5.06. The second kappa shape index (κ2) is 9.01. The smallest absolute Gasteiger partial charge is 0.322 e. The van der Waals surface area contributed by atoms with Gasteiger partial charge < -0.3 is 15.0 Å². The molecule has 2 fully saturated rings. The van der Waals surface area contributed by atoms with Crippen LogP contribution in [0.5, 0.6) is 5.75 Å². The summed E-state index contributed by atoms with van der Waals surface area (Å²) in [6.45, 7) is 1.95. The molecule has 2 saturated heterocycles. The fraction of sp³-hybridized carbons (Fsp3) is 0.241. The normalized spacial score (nSPS) is 23.6. The van der Waals surface area contributed by atoms with E-state index in [2.05, 4.69) is 20.9 Å². The Balaban J connectivity index is 1.27. The van der Waals surface area contributed by atoms with E-state index in [0.29, 0.717) is 29.1 Å². The number of urea groups is 1. The molecule has 2 aromatic carbocycles. The van der Waals surface area contributed by atoms with Crippen molar-refractivity contribution in [3.05, 3.63) is 83.2 Å². The molecule has 0 radical (unpaired) electrons. The number of nitrogens with zero attached hydrogens (tertiary/aromatic N) is 2. The van der Waals surface area contributed by atoms with E-state index >= 15 is 0 Å². The van der Waals surface area contributed by atoms with E-state index in [1.54, 1.807) is 54.4 Å². The molecule has 4 heterocycles. The first-order valence-electron chi connectivity index (χ1n) is 12.6. The van der Waals surface area contributed by atoms with Crippen molar-refractivity contribution in [3.63, 3.8) is 0 Å². The first-order valence-corrected chi connectivity index (χ1v) is 12.6. The lowest BCUT2D eigenvalue weighted by Gasteiger charge is -2.31. The first kappa shape index (κ1) is 25.2. The van der Waals surface area contributed by atoms with Gasteiger partial charge >= 0.3 is 6.03 Å². The van der Waals surface area contributed by atoms with Gasteiger partial charge in [0.05, 0.1) is 12.8 Å². The van der Waals surface area contributed by atoms with Gasteiger partial charge in [0.1, 0.15) is 11.2 Å². The van der Waals surface area contributed by atoms with Crippen LogP contribution in [0.4, 0.5) is 4.79 Å². The number of aromatic nitrogens is 1. The highest BCUT2D eigenvalue weighted by atomic mass is 16.5. The van der Waals surface area contributed by atoms with Gasteiger partial charge in [0.2, 0.25) is 11.8 Å². The van der Waals surface area contributed by atoms with Gasteiger partial charge in [0.15, 0.2) is 5.54 Å². The number of hydrogen-bond donors (Lipinski definition) is 3. The maximum Gasteiger partial charge on any atom is 0.322 e. The highest BCUT2D eigenvalue weighted by molar-refractivity contribution is 6.10. The number of ether oxygens (including phenoxy) is 1. The minimum atomic E-state index is -1.26. The SMILES string of the molecule is COc1ccc2c(c1)C(=O)N(C[C@@]1(c3ccc(-c4ccc(C5(C)NC(=O)NC5=O)nc4)cc3)CC(=O)NC1=O)C2. The standard InChI is InChI=1S/C29H25N5O6/c1-28(25(37)32-27(39)33-28)22-10-6-17(13-30-22)16-3-7-19(8-4-16)29(12-23(35)31-26(29)38)15-34-14-18-5-9-20(40-2)11-21(18)24(34)36/h3-11,13H,12,14-15H2,1-2H3,(H,31,35,38)(H2,32,33,37,39)/t28?,29-/m1/s1. The van der Waals surface area contributed by atoms with Crippen molar-refractivity contribution in [2.24, 2.45) is 0 Å². The van der Waals surface area contributed by atoms with Crippen LogP contribution in [-0.2, 0) is 31.9 Å². The van der Waals surface area contributed by atoms with Crippen LogP contribution >= 0.6 is 0 Å². The molecule has 6 rings (SSSR count). The van der Waals surface area contributed by atoms with Gasteiger partial charge in [-0.05, 0) is 41.8 Å². The van der Waals surface area contributed by atoms with Crippen molar-refractivity contribution in [3.8, 4) is 16.9 Å². The van der Waals surface area contributed by atoms with Crippen molar-refractivity contribution in [1.82, 2.24) is 25.8 Å². The van der Waals surface area contributed by atoms with Gasteiger partial charge in [-0.15, -0.1) is 0 Å². The van der Waals surface area contributed by atoms with Crippen LogP contribution in [0.2, 0.25) is 0 Å². The summed E-state index contributed by atoms with van der Waals surface area (Å²) in [4.78, 5) is 68.7. The lowest BCUT2D eigenvalue weighted by Crippen LogP contribution is -2.46. The molecule has 3 aliphatic heterocycles. The fourth-order valence-corrected chi connectivity index (χ4v) is 5.58. The number of nitrogens with one attached hydrogen (secondary N) is 3. The van der Waals surface area contributed by atoms with Crippen LogP contribution in [-0.4, -0.2) is 53.2 Å². The number of carbonyl (C=O) groups excluding carboxylic acids is 5. The fourth-order valence-electron chi connectivity index (χ4n) is 5.58. The van der Waals surface area contributed by atoms with Crippen LogP contribution in [0, 0.1) is 0 Å². The number of imide groups is 2. The number of carbonyl (C=O) groups is 5. The molecule has 202 valence electrons. The Morgan fingerprint density at radius 2 is 1.68 bits per heavy atom. The van der Waals surface area contributed by atoms with Gasteiger partial charge in [-0.2, -0.15) is 0 Å². The summed E-state index contributed by atoms with van der Waals surface area (Å²) in [5, 5.41) is 7.22. The Labute approximate surface area is 228 Å². The molecule has 3 aliphatic rings. The summed E-state index contributed by atoms with van der Waals surface area (Å²) in [7, 11) is 1.53. The molecule has 1 unspecified atom stereocenters. The molecule has 2 atom stereocenters. The summed E-state index contributed by atoms with van der Waals surface area (Å²) in [5.74, 6) is -0.959. The van der Waals surface area contributed by atoms with Gasteiger partial charge in [0.25, 0.3) is 11.8 Å². The lowest BCUT2D eigenvalue weighted by atomic mass is 9.78. The molecule has 40 heavy (non-hydrogen) atoms. The molecular formula is C29H25N5O6. The molecule has 6 amide bonds. The molecule has 1 aromatic heterocycles. The molecule has 3 aromatic rings. The van der Waals surface area contributed by atoms with Crippen LogP contribution in [0.15, 0.2) is 60.8 Å². The Morgan fingerprint density at radius 1 is 0.925 bits per heavy atom. The number of pyridine rings is 1. The zero-order valence-electron chi connectivity index (χ0n) is 21.7. The molecular weight excluding hydrogens is 514 g/mol. The second-order valence-electron chi connectivity index (χ2n) is 10.4. The van der Waals surface area contributed by atoms with Gasteiger partial charge in [-0.3, -0.25) is 34.8 Å². The number of benzene rings is 2. The first-order chi connectivity index (χ1) is 19.1. The predicted octanol–water partition coefficient (Wildman–Crippen LogP) is 1.75. The minimum Gasteiger partial charge on any atom is -0.497 e. The van der Waals surface area contributed by atoms with Gasteiger partial charge in [-0.1, -0.05) is 36.4 Å². The molecule has 0 bridgehead atoms. The largest absolute Gasteiger partial charge is 0.497 e. The summed E-state index contributed by atoms with van der Waals surface area (Å²) in [6.07, 6.45) is 1.53. The van der Waals surface area contributed by atoms with E-state index in [1.807, 2.05) is 18.2 Å². The zero-order valence-corrected chi connectivity index (χ0v) is 21.7. The summed E-state index contributed by atoms with van der Waals surface area (Å²) in [5.41, 5.74) is 1.42. The number of methoxy groups -OCH3 is 1. The van der Waals surface area contributed by atoms with Crippen molar-refractivity contribution < 1.29 is 28.7 Å². The molecule has 11 nitrogen and oxygen atoms in total. The number of amides is 6. The predicted molar refractivity (Wildman–Crippen MR) is 141 cm³/mol. The third kappa shape index (κ3) is 3.89. The lowest BCUT2D eigenvalue weighted by molar-refractivity contribution is -0.127. The summed E-state index contributed by atoms with van der Waals surface area (Å²) in [6, 6.07) is 15.4. The van der Waals surface area contributed by atoms with E-state index in [4.69, 9.17) is 4.74 Å². The maximum atomic E-state index is 13.2. The molecule has 0 saturated carbocycles. The monoisotopic (exact) mass is 539 g/mol. The van der Waals surface area contributed by atoms with E-state index in [-0.39, 0.29) is 18.9 Å². The Bertz CT molecular complexity index is 1600. The second-order valence-corrected chi connectivity index (χ2v) is 10.4. The van der Waals surface area contributed by atoms with Crippen LogP contribution < -0.4 is 20.7 Å². The molecule has 0 spiro atoms. The zero-order chi connectivity index (χ0) is 28.2. The average Bonchev–Trinajstić information content (AvgIpc) is 3.52. The summed E-state index contributed by atoms with van der Waals surface area (Å²) < 4.78 is 5.25. The van der Waals surface area contributed by atoms with Crippen molar-refractivity contribution in [2.75, 3.05) is 13.7 Å². The van der Waals surface area contributed by atoms with Gasteiger partial charge in [0, 0.05) is 36.8 Å². The van der Waals surface area contributed by atoms with Crippen LogP contribution in [0.3, 0.4) is 0 Å². The average molecular weight is 540 g/mol. The molecule has 11 heteroatoms. The molecule has 3 N–H and O–H groups in total. The van der Waals surface area contributed by atoms with E-state index in [0.717, 1.165) is 16.7 Å². The van der Waals surface area contributed by atoms with E-state index < -0.39 is 34.7 Å². The highest BCUT2D eigenvalue weighted by Gasteiger charge is 2.50. The van der Waals surface area contributed by atoms with Crippen LogP contribution in [0.25, 0.3) is 11.1 Å². The number of hydrogen-bond acceptors (Lipinski definition) is 7. The quantitative estimate of drug-likeness (QED) is 0.319.